The van der Waals surface area contributed by atoms with Gasteiger partial charge in [0.25, 0.3) is 0 Å². The molecule has 6 nitrogen and oxygen atoms in total. The Bertz CT molecular complexity index is 1790. The molecule has 0 atom stereocenters. The molecule has 0 bridgehead atoms. The lowest BCUT2D eigenvalue weighted by Gasteiger charge is -2.36. The number of aromatic carboxylic acids is 1. The summed E-state index contributed by atoms with van der Waals surface area (Å²) in [7, 11) is 0. The predicted molar refractivity (Wildman–Crippen MR) is 150 cm³/mol. The van der Waals surface area contributed by atoms with Crippen LogP contribution in [0, 0.1) is 18.6 Å². The molecule has 1 fully saturated rings. The van der Waals surface area contributed by atoms with E-state index in [1.807, 2.05) is 16.2 Å². The Kier molecular flexibility index (Phi) is 6.40. The Balaban J connectivity index is 1.31. The van der Waals surface area contributed by atoms with Crippen molar-refractivity contribution in [3.63, 3.8) is 0 Å². The second-order valence-electron chi connectivity index (χ2n) is 9.75. The van der Waals surface area contributed by atoms with Crippen LogP contribution >= 0.6 is 11.3 Å². The van der Waals surface area contributed by atoms with Crippen molar-refractivity contribution in [3.8, 4) is 5.69 Å². The average molecular weight is 546 g/mol. The number of pyridine rings is 1. The number of carbonyl (C=O) groups is 1. The molecule has 6 rings (SSSR count). The van der Waals surface area contributed by atoms with Crippen molar-refractivity contribution in [1.82, 2.24) is 9.47 Å². The SMILES string of the molecule is Cc1c(CN2CCN(c3cc4c(cc3F)c(=O)c(C(=O)O)cn4-c3ccc(F)cc3)CC2)sc2ccccc12. The molecular weight excluding hydrogens is 520 g/mol. The van der Waals surface area contributed by atoms with Gasteiger partial charge in [0.1, 0.15) is 17.2 Å². The maximum absolute atomic E-state index is 15.4. The van der Waals surface area contributed by atoms with Gasteiger partial charge in [-0.25, -0.2) is 13.6 Å². The van der Waals surface area contributed by atoms with Gasteiger partial charge in [0.05, 0.1) is 11.2 Å². The van der Waals surface area contributed by atoms with Crippen LogP contribution in [0.4, 0.5) is 14.5 Å². The van der Waals surface area contributed by atoms with E-state index in [-0.39, 0.29) is 5.39 Å². The molecule has 0 unspecified atom stereocenters. The third kappa shape index (κ3) is 4.57. The lowest BCUT2D eigenvalue weighted by atomic mass is 10.1. The summed E-state index contributed by atoms with van der Waals surface area (Å²) in [6.45, 7) is 5.68. The largest absolute Gasteiger partial charge is 0.477 e. The zero-order valence-corrected chi connectivity index (χ0v) is 22.0. The number of piperazine rings is 1. The van der Waals surface area contributed by atoms with Crippen LogP contribution in [0.1, 0.15) is 20.8 Å². The van der Waals surface area contributed by atoms with Gasteiger partial charge in [-0.1, -0.05) is 18.2 Å². The van der Waals surface area contributed by atoms with Crippen LogP contribution < -0.4 is 10.3 Å². The fraction of sp³-hybridized carbons (Fsp3) is 0.200. The minimum atomic E-state index is -1.41. The fourth-order valence-corrected chi connectivity index (χ4v) is 6.52. The highest BCUT2D eigenvalue weighted by Crippen LogP contribution is 2.32. The lowest BCUT2D eigenvalue weighted by Crippen LogP contribution is -2.46. The number of halogens is 2. The molecule has 39 heavy (non-hydrogen) atoms. The minimum Gasteiger partial charge on any atom is -0.477 e. The van der Waals surface area contributed by atoms with E-state index in [4.69, 9.17) is 0 Å². The van der Waals surface area contributed by atoms with Crippen molar-refractivity contribution in [2.45, 2.75) is 13.5 Å². The molecule has 198 valence electrons. The first-order chi connectivity index (χ1) is 18.8. The number of hydrogen-bond acceptors (Lipinski definition) is 5. The molecule has 0 aliphatic carbocycles. The summed E-state index contributed by atoms with van der Waals surface area (Å²) >= 11 is 1.81. The number of carboxylic acid groups (broad SMARTS) is 1. The fourth-order valence-electron chi connectivity index (χ4n) is 5.27. The van der Waals surface area contributed by atoms with E-state index in [0.717, 1.165) is 25.7 Å². The van der Waals surface area contributed by atoms with Crippen LogP contribution in [0.3, 0.4) is 0 Å². The molecule has 1 aliphatic heterocycles. The standard InChI is InChI=1S/C30H25F2N3O3S/c1-18-21-4-2-3-5-27(21)39-28(18)17-33-10-12-34(13-11-33)26-15-25-22(14-24(26)32)29(36)23(30(37)38)16-35(25)20-8-6-19(31)7-9-20/h2-9,14-16H,10-13,17H2,1H3,(H,37,38). The summed E-state index contributed by atoms with van der Waals surface area (Å²) in [5.74, 6) is -2.44. The average Bonchev–Trinajstić information content (AvgIpc) is 3.25. The number of benzene rings is 3. The number of aromatic nitrogens is 1. The van der Waals surface area contributed by atoms with Crippen LogP contribution in [0.5, 0.6) is 0 Å². The topological polar surface area (TPSA) is 65.8 Å². The first-order valence-corrected chi connectivity index (χ1v) is 13.4. The van der Waals surface area contributed by atoms with E-state index in [1.54, 1.807) is 6.07 Å². The molecule has 9 heteroatoms. The first kappa shape index (κ1) is 25.2. The van der Waals surface area contributed by atoms with Crippen molar-refractivity contribution in [2.75, 3.05) is 31.1 Å². The van der Waals surface area contributed by atoms with Crippen molar-refractivity contribution in [1.29, 1.82) is 0 Å². The van der Waals surface area contributed by atoms with Gasteiger partial charge in [-0.05, 0) is 60.3 Å². The molecule has 3 aromatic carbocycles. The quantitative estimate of drug-likeness (QED) is 0.302. The van der Waals surface area contributed by atoms with E-state index >= 15 is 4.39 Å². The molecule has 0 amide bonds. The van der Waals surface area contributed by atoms with E-state index < -0.39 is 28.6 Å². The summed E-state index contributed by atoms with van der Waals surface area (Å²) in [6.07, 6.45) is 1.22. The third-order valence-electron chi connectivity index (χ3n) is 7.43. The smallest absolute Gasteiger partial charge is 0.341 e. The number of fused-ring (bicyclic) bond motifs is 2. The van der Waals surface area contributed by atoms with Gasteiger partial charge in [-0.3, -0.25) is 9.69 Å². The Morgan fingerprint density at radius 3 is 2.38 bits per heavy atom. The van der Waals surface area contributed by atoms with E-state index in [2.05, 4.69) is 36.1 Å². The zero-order valence-electron chi connectivity index (χ0n) is 21.2. The number of rotatable bonds is 5. The lowest BCUT2D eigenvalue weighted by molar-refractivity contribution is 0.0695. The van der Waals surface area contributed by atoms with Gasteiger partial charge in [0.2, 0.25) is 5.43 Å². The van der Waals surface area contributed by atoms with Gasteiger partial charge < -0.3 is 14.6 Å². The molecule has 1 aliphatic rings. The number of hydrogen-bond donors (Lipinski definition) is 1. The summed E-state index contributed by atoms with van der Waals surface area (Å²) in [5, 5.41) is 10.8. The summed E-state index contributed by atoms with van der Waals surface area (Å²) in [6, 6.07) is 16.6. The second kappa shape index (κ2) is 9.91. The second-order valence-corrected chi connectivity index (χ2v) is 10.9. The number of aryl methyl sites for hydroxylation is 1. The molecule has 0 spiro atoms. The molecule has 1 N–H and O–H groups in total. The number of anilines is 1. The van der Waals surface area contributed by atoms with E-state index in [9.17, 15) is 19.1 Å². The van der Waals surface area contributed by atoms with Crippen molar-refractivity contribution in [3.05, 3.63) is 105 Å². The summed E-state index contributed by atoms with van der Waals surface area (Å²) in [4.78, 5) is 30.3. The van der Waals surface area contributed by atoms with Crippen LogP contribution in [0.2, 0.25) is 0 Å². The van der Waals surface area contributed by atoms with Crippen LogP contribution in [-0.2, 0) is 6.54 Å². The maximum Gasteiger partial charge on any atom is 0.341 e. The molecule has 1 saturated heterocycles. The van der Waals surface area contributed by atoms with Crippen LogP contribution in [-0.4, -0.2) is 46.7 Å². The van der Waals surface area contributed by atoms with Gasteiger partial charge in [-0.2, -0.15) is 0 Å². The Morgan fingerprint density at radius 2 is 1.69 bits per heavy atom. The molecule has 0 radical (unpaired) electrons. The minimum absolute atomic E-state index is 0.0423. The Hall–Kier alpha value is -4.08. The van der Waals surface area contributed by atoms with E-state index in [0.29, 0.717) is 30.0 Å². The van der Waals surface area contributed by atoms with Gasteiger partial charge >= 0.3 is 5.97 Å². The number of thiophene rings is 1. The normalized spacial score (nSPS) is 14.4. The summed E-state index contributed by atoms with van der Waals surface area (Å²) < 4.78 is 31.8. The number of carboxylic acids is 1. The van der Waals surface area contributed by atoms with Gasteiger partial charge in [0, 0.05) is 59.6 Å². The molecule has 3 heterocycles. The number of nitrogens with zero attached hydrogens (tertiary/aromatic N) is 3. The zero-order chi connectivity index (χ0) is 27.3. The van der Waals surface area contributed by atoms with Crippen molar-refractivity contribution in [2.24, 2.45) is 0 Å². The van der Waals surface area contributed by atoms with Gasteiger partial charge in [0.15, 0.2) is 0 Å². The monoisotopic (exact) mass is 545 g/mol. The van der Waals surface area contributed by atoms with Crippen LogP contribution in [0.15, 0.2) is 71.7 Å². The predicted octanol–water partition coefficient (Wildman–Crippen LogP) is 5.81. The molecule has 2 aromatic heterocycles. The van der Waals surface area contributed by atoms with Crippen molar-refractivity contribution >= 4 is 44.0 Å². The summed E-state index contributed by atoms with van der Waals surface area (Å²) in [5.41, 5.74) is 1.23. The highest BCUT2D eigenvalue weighted by molar-refractivity contribution is 7.19. The third-order valence-corrected chi connectivity index (χ3v) is 8.69. The first-order valence-electron chi connectivity index (χ1n) is 12.6. The Labute approximate surface area is 226 Å². The highest BCUT2D eigenvalue weighted by atomic mass is 32.1. The Morgan fingerprint density at radius 1 is 0.974 bits per heavy atom. The van der Waals surface area contributed by atoms with Crippen LogP contribution in [0.25, 0.3) is 26.7 Å². The highest BCUT2D eigenvalue weighted by Gasteiger charge is 2.24. The molecule has 0 saturated carbocycles. The molecular formula is C30H25F2N3O3S. The van der Waals surface area contributed by atoms with Crippen molar-refractivity contribution < 1.29 is 18.7 Å². The van der Waals surface area contributed by atoms with Gasteiger partial charge in [-0.15, -0.1) is 11.3 Å². The maximum atomic E-state index is 15.4. The van der Waals surface area contributed by atoms with E-state index in [1.165, 1.54) is 55.6 Å². The molecule has 5 aromatic rings.